The molecule has 0 amide bonds. The lowest BCUT2D eigenvalue weighted by Crippen LogP contribution is -2.36. The molecule has 0 unspecified atom stereocenters. The number of aliphatic hydroxyl groups is 1. The van der Waals surface area contributed by atoms with Gasteiger partial charge in [0, 0.05) is 13.6 Å². The summed E-state index contributed by atoms with van der Waals surface area (Å²) in [5, 5.41) is 16.3. The van der Waals surface area contributed by atoms with Crippen molar-refractivity contribution < 1.29 is 18.3 Å². The van der Waals surface area contributed by atoms with Gasteiger partial charge in [0.05, 0.1) is 19.7 Å². The van der Waals surface area contributed by atoms with Gasteiger partial charge in [-0.25, -0.2) is 0 Å². The van der Waals surface area contributed by atoms with Gasteiger partial charge < -0.3 is 9.67 Å². The van der Waals surface area contributed by atoms with E-state index >= 15 is 0 Å². The van der Waals surface area contributed by atoms with Crippen LogP contribution in [0.15, 0.2) is 0 Å². The summed E-state index contributed by atoms with van der Waals surface area (Å²) in [7, 11) is 1.69. The van der Waals surface area contributed by atoms with Crippen LogP contribution in [0.4, 0.5) is 13.2 Å². The average Bonchev–Trinajstić information content (AvgIpc) is 2.47. The zero-order valence-electron chi connectivity index (χ0n) is 9.70. The van der Waals surface area contributed by atoms with Gasteiger partial charge in [0.1, 0.15) is 11.6 Å². The van der Waals surface area contributed by atoms with Crippen molar-refractivity contribution in [1.29, 1.82) is 0 Å². The summed E-state index contributed by atoms with van der Waals surface area (Å²) in [5.74, 6) is 1.08. The molecule has 5 nitrogen and oxygen atoms in total. The van der Waals surface area contributed by atoms with E-state index in [0.717, 1.165) is 4.90 Å². The second-order valence-electron chi connectivity index (χ2n) is 3.77. The van der Waals surface area contributed by atoms with Crippen molar-refractivity contribution in [3.63, 3.8) is 0 Å². The third-order valence-corrected chi connectivity index (χ3v) is 2.37. The highest BCUT2D eigenvalue weighted by Gasteiger charge is 2.31. The minimum absolute atomic E-state index is 0.0113. The maximum Gasteiger partial charge on any atom is 0.401 e. The summed E-state index contributed by atoms with van der Waals surface area (Å²) >= 11 is 0. The Labute approximate surface area is 96.9 Å². The predicted molar refractivity (Wildman–Crippen MR) is 54.2 cm³/mol. The van der Waals surface area contributed by atoms with E-state index in [4.69, 9.17) is 5.11 Å². The highest BCUT2D eigenvalue weighted by Crippen LogP contribution is 2.17. The molecule has 0 bridgehead atoms. The van der Waals surface area contributed by atoms with Crippen molar-refractivity contribution in [2.75, 3.05) is 19.7 Å². The molecule has 17 heavy (non-hydrogen) atoms. The van der Waals surface area contributed by atoms with Crippen LogP contribution in [0.1, 0.15) is 11.6 Å². The van der Waals surface area contributed by atoms with Crippen molar-refractivity contribution in [2.24, 2.45) is 7.05 Å². The number of halogens is 3. The van der Waals surface area contributed by atoms with E-state index in [2.05, 4.69) is 10.2 Å². The van der Waals surface area contributed by atoms with Crippen LogP contribution in [0, 0.1) is 6.92 Å². The Kier molecular flexibility index (Phi) is 4.47. The van der Waals surface area contributed by atoms with E-state index in [1.807, 2.05) is 0 Å². The first kappa shape index (κ1) is 13.9. The lowest BCUT2D eigenvalue weighted by atomic mass is 10.4. The maximum atomic E-state index is 12.3. The zero-order valence-corrected chi connectivity index (χ0v) is 9.70. The van der Waals surface area contributed by atoms with Crippen molar-refractivity contribution >= 4 is 0 Å². The van der Waals surface area contributed by atoms with Crippen LogP contribution in [0.25, 0.3) is 0 Å². The summed E-state index contributed by atoms with van der Waals surface area (Å²) < 4.78 is 38.4. The number of hydrogen-bond acceptors (Lipinski definition) is 4. The van der Waals surface area contributed by atoms with Crippen LogP contribution >= 0.6 is 0 Å². The Hall–Kier alpha value is -1.15. The van der Waals surface area contributed by atoms with E-state index < -0.39 is 12.7 Å². The fourth-order valence-corrected chi connectivity index (χ4v) is 1.40. The summed E-state index contributed by atoms with van der Waals surface area (Å²) in [6, 6.07) is 0. The van der Waals surface area contributed by atoms with Crippen LogP contribution in [0.5, 0.6) is 0 Å². The average molecular weight is 252 g/mol. The Morgan fingerprint density at radius 1 is 1.35 bits per heavy atom. The van der Waals surface area contributed by atoms with Crippen LogP contribution in [-0.2, 0) is 13.6 Å². The lowest BCUT2D eigenvalue weighted by Gasteiger charge is -2.21. The van der Waals surface area contributed by atoms with E-state index in [0.29, 0.717) is 11.6 Å². The minimum Gasteiger partial charge on any atom is -0.395 e. The van der Waals surface area contributed by atoms with Gasteiger partial charge in [-0.1, -0.05) is 0 Å². The summed E-state index contributed by atoms with van der Waals surface area (Å²) in [4.78, 5) is 1.09. The first-order valence-corrected chi connectivity index (χ1v) is 5.08. The highest BCUT2D eigenvalue weighted by molar-refractivity contribution is 4.92. The predicted octanol–water partition coefficient (Wildman–Crippen LogP) is 0.480. The zero-order chi connectivity index (χ0) is 13.1. The molecule has 0 spiro atoms. The summed E-state index contributed by atoms with van der Waals surface area (Å²) in [6.07, 6.45) is -4.29. The number of aromatic nitrogens is 3. The Morgan fingerprint density at radius 3 is 2.41 bits per heavy atom. The van der Waals surface area contributed by atoms with Crippen LogP contribution in [-0.4, -0.2) is 50.6 Å². The van der Waals surface area contributed by atoms with Crippen molar-refractivity contribution in [2.45, 2.75) is 19.6 Å². The molecule has 8 heteroatoms. The number of aliphatic hydroxyl groups excluding tert-OH is 1. The van der Waals surface area contributed by atoms with E-state index in [1.165, 1.54) is 0 Å². The number of alkyl halides is 3. The molecule has 1 heterocycles. The van der Waals surface area contributed by atoms with Gasteiger partial charge in [0.25, 0.3) is 0 Å². The quantitative estimate of drug-likeness (QED) is 0.828. The maximum absolute atomic E-state index is 12.3. The van der Waals surface area contributed by atoms with E-state index in [1.54, 1.807) is 18.5 Å². The van der Waals surface area contributed by atoms with Crippen molar-refractivity contribution in [3.8, 4) is 0 Å². The molecule has 98 valence electrons. The normalized spacial score (nSPS) is 12.4. The topological polar surface area (TPSA) is 54.2 Å². The second-order valence-corrected chi connectivity index (χ2v) is 3.77. The van der Waals surface area contributed by atoms with Gasteiger partial charge in [-0.15, -0.1) is 10.2 Å². The molecule has 1 aromatic heterocycles. The highest BCUT2D eigenvalue weighted by atomic mass is 19.4. The Morgan fingerprint density at radius 2 is 2.00 bits per heavy atom. The van der Waals surface area contributed by atoms with E-state index in [9.17, 15) is 13.2 Å². The van der Waals surface area contributed by atoms with Crippen LogP contribution in [0.3, 0.4) is 0 Å². The first-order valence-electron chi connectivity index (χ1n) is 5.08. The first-order chi connectivity index (χ1) is 7.83. The molecule has 0 fully saturated rings. The number of aryl methyl sites for hydroxylation is 1. The molecule has 1 aromatic rings. The molecular weight excluding hydrogens is 237 g/mol. The molecule has 0 aliphatic rings. The van der Waals surface area contributed by atoms with Gasteiger partial charge in [-0.2, -0.15) is 13.2 Å². The molecule has 0 aliphatic heterocycles. The number of nitrogens with zero attached hydrogens (tertiary/aromatic N) is 4. The molecule has 0 atom stereocenters. The molecule has 0 radical (unpaired) electrons. The van der Waals surface area contributed by atoms with Crippen LogP contribution < -0.4 is 0 Å². The van der Waals surface area contributed by atoms with E-state index in [-0.39, 0.29) is 19.7 Å². The number of rotatable bonds is 5. The van der Waals surface area contributed by atoms with Crippen LogP contribution in [0.2, 0.25) is 0 Å². The Balaban J connectivity index is 2.70. The molecular formula is C9H15F3N4O. The van der Waals surface area contributed by atoms with Gasteiger partial charge in [0.2, 0.25) is 0 Å². The molecule has 0 saturated heterocycles. The van der Waals surface area contributed by atoms with Gasteiger partial charge in [-0.3, -0.25) is 4.90 Å². The standard InChI is InChI=1S/C9H15F3N4O/c1-7-13-14-8(15(7)2)5-16(3-4-17)6-9(10,11)12/h17H,3-6H2,1-2H3. The summed E-state index contributed by atoms with van der Waals surface area (Å²) in [5.41, 5.74) is 0. The third kappa shape index (κ3) is 4.31. The second kappa shape index (κ2) is 5.46. The third-order valence-electron chi connectivity index (χ3n) is 2.37. The fraction of sp³-hybridized carbons (Fsp3) is 0.778. The summed E-state index contributed by atoms with van der Waals surface area (Å²) in [6.45, 7) is 0.284. The monoisotopic (exact) mass is 252 g/mol. The fourth-order valence-electron chi connectivity index (χ4n) is 1.40. The molecule has 0 aliphatic carbocycles. The van der Waals surface area contributed by atoms with Gasteiger partial charge in [0.15, 0.2) is 0 Å². The minimum atomic E-state index is -4.29. The molecule has 1 N–H and O–H groups in total. The van der Waals surface area contributed by atoms with Gasteiger partial charge in [-0.05, 0) is 6.92 Å². The smallest absolute Gasteiger partial charge is 0.395 e. The molecule has 0 aromatic carbocycles. The Bertz CT molecular complexity index is 364. The van der Waals surface area contributed by atoms with Crippen molar-refractivity contribution in [1.82, 2.24) is 19.7 Å². The lowest BCUT2D eigenvalue weighted by molar-refractivity contribution is -0.148. The molecule has 0 saturated carbocycles. The number of hydrogen-bond donors (Lipinski definition) is 1. The van der Waals surface area contributed by atoms with Gasteiger partial charge >= 0.3 is 6.18 Å². The molecule has 1 rings (SSSR count). The SMILES string of the molecule is Cc1nnc(CN(CCO)CC(F)(F)F)n1C. The van der Waals surface area contributed by atoms with Crippen molar-refractivity contribution in [3.05, 3.63) is 11.6 Å². The largest absolute Gasteiger partial charge is 0.401 e.